The first kappa shape index (κ1) is 34.4. The minimum atomic E-state index is -4.82. The number of nitro groups is 1. The zero-order valence-electron chi connectivity index (χ0n) is 25.1. The Bertz CT molecular complexity index is 2020. The fourth-order valence-electron chi connectivity index (χ4n) is 5.04. The predicted octanol–water partition coefficient (Wildman–Crippen LogP) is 8.17. The number of fused-ring (bicyclic) bond motifs is 1. The molecule has 0 N–H and O–H groups in total. The van der Waals surface area contributed by atoms with E-state index in [-0.39, 0.29) is 33.3 Å². The number of nitro benzene ring substituents is 1. The Balaban J connectivity index is 1.53. The van der Waals surface area contributed by atoms with E-state index < -0.39 is 62.1 Å². The zero-order valence-corrected chi connectivity index (χ0v) is 26.6. The van der Waals surface area contributed by atoms with E-state index in [0.29, 0.717) is 17.2 Å². The second-order valence-corrected chi connectivity index (χ2v) is 13.1. The molecule has 4 aromatic carbocycles. The lowest BCUT2D eigenvalue weighted by Gasteiger charge is -2.37. The van der Waals surface area contributed by atoms with Crippen LogP contribution in [0.25, 0.3) is 11.6 Å². The average Bonchev–Trinajstić information content (AvgIpc) is 3.03. The molecule has 15 heteroatoms. The van der Waals surface area contributed by atoms with Gasteiger partial charge >= 0.3 is 12.1 Å². The summed E-state index contributed by atoms with van der Waals surface area (Å²) >= 11 is 6.21. The predicted molar refractivity (Wildman–Crippen MR) is 170 cm³/mol. The molecule has 2 unspecified atom stereocenters. The van der Waals surface area contributed by atoms with E-state index in [0.717, 1.165) is 34.6 Å². The topological polar surface area (TPSA) is 116 Å². The van der Waals surface area contributed by atoms with Crippen molar-refractivity contribution >= 4 is 50.6 Å². The van der Waals surface area contributed by atoms with Crippen LogP contribution >= 0.6 is 11.6 Å². The molecule has 0 aliphatic carbocycles. The number of anilines is 1. The summed E-state index contributed by atoms with van der Waals surface area (Å²) in [4.78, 5) is 22.5. The van der Waals surface area contributed by atoms with Crippen molar-refractivity contribution in [3.05, 3.63) is 128 Å². The van der Waals surface area contributed by atoms with Gasteiger partial charge in [0.15, 0.2) is 6.10 Å². The van der Waals surface area contributed by atoms with E-state index in [9.17, 15) is 40.9 Å². The molecule has 1 aliphatic heterocycles. The Morgan fingerprint density at radius 2 is 1.77 bits per heavy atom. The van der Waals surface area contributed by atoms with Crippen LogP contribution in [0.15, 0.2) is 89.8 Å². The number of hydrogen-bond donors (Lipinski definition) is 0. The van der Waals surface area contributed by atoms with E-state index in [1.165, 1.54) is 49.4 Å². The van der Waals surface area contributed by atoms with Crippen LogP contribution in [0.5, 0.6) is 5.75 Å². The minimum Gasteiger partial charge on any atom is -0.482 e. The van der Waals surface area contributed by atoms with Gasteiger partial charge in [0.2, 0.25) is 0 Å². The van der Waals surface area contributed by atoms with Gasteiger partial charge in [-0.05, 0) is 79.6 Å². The van der Waals surface area contributed by atoms with Gasteiger partial charge in [-0.1, -0.05) is 35.9 Å². The van der Waals surface area contributed by atoms with Gasteiger partial charge in [0.05, 0.1) is 38.2 Å². The Kier molecular flexibility index (Phi) is 9.51. The van der Waals surface area contributed by atoms with Crippen LogP contribution in [-0.4, -0.2) is 38.1 Å². The Hall–Kier alpha value is -4.95. The van der Waals surface area contributed by atoms with E-state index in [1.54, 1.807) is 19.1 Å². The molecule has 1 heterocycles. The van der Waals surface area contributed by atoms with Crippen LogP contribution in [0, 0.1) is 15.9 Å². The lowest BCUT2D eigenvalue weighted by molar-refractivity contribution is -0.384. The molecule has 0 amide bonds. The van der Waals surface area contributed by atoms with Gasteiger partial charge in [0, 0.05) is 17.7 Å². The first-order valence-corrected chi connectivity index (χ1v) is 16.0. The molecule has 0 saturated heterocycles. The maximum Gasteiger partial charge on any atom is 0.416 e. The summed E-state index contributed by atoms with van der Waals surface area (Å²) in [6, 6.07) is 16.5. The lowest BCUT2D eigenvalue weighted by Crippen LogP contribution is -2.49. The number of alkyl halides is 3. The average molecular weight is 705 g/mol. The van der Waals surface area contributed by atoms with Gasteiger partial charge in [-0.25, -0.2) is 17.6 Å². The smallest absolute Gasteiger partial charge is 0.416 e. The number of ether oxygens (including phenoxy) is 2. The highest BCUT2D eigenvalue weighted by Crippen LogP contribution is 2.40. The molecule has 0 spiro atoms. The number of carbonyl (C=O) groups excluding carboxylic acids is 1. The third-order valence-electron chi connectivity index (χ3n) is 7.50. The van der Waals surface area contributed by atoms with Crippen molar-refractivity contribution in [2.24, 2.45) is 0 Å². The number of rotatable bonds is 8. The normalized spacial score (nSPS) is 15.7. The Labute approximate surface area is 277 Å². The molecular formula is C33H25ClF4N2O7S. The number of nitrogens with zero attached hydrogens (tertiary/aromatic N) is 2. The lowest BCUT2D eigenvalue weighted by atomic mass is 10.0. The molecule has 0 bridgehead atoms. The number of esters is 1. The first-order chi connectivity index (χ1) is 22.6. The van der Waals surface area contributed by atoms with Crippen molar-refractivity contribution < 1.29 is 45.2 Å². The summed E-state index contributed by atoms with van der Waals surface area (Å²) in [6.07, 6.45) is -5.51. The van der Waals surface area contributed by atoms with Gasteiger partial charge in [-0.3, -0.25) is 14.4 Å². The van der Waals surface area contributed by atoms with Crippen molar-refractivity contribution in [3.63, 3.8) is 0 Å². The van der Waals surface area contributed by atoms with Crippen LogP contribution < -0.4 is 9.04 Å². The third kappa shape index (κ3) is 7.14. The maximum atomic E-state index is 14.6. The second kappa shape index (κ2) is 13.3. The van der Waals surface area contributed by atoms with Gasteiger partial charge in [0.25, 0.3) is 15.7 Å². The summed E-state index contributed by atoms with van der Waals surface area (Å²) in [5.41, 5.74) is -0.527. The molecule has 9 nitrogen and oxygen atoms in total. The highest BCUT2D eigenvalue weighted by atomic mass is 35.5. The Morgan fingerprint density at radius 1 is 1.08 bits per heavy atom. The van der Waals surface area contributed by atoms with Crippen LogP contribution in [0.2, 0.25) is 5.02 Å². The number of non-ortho nitro benzene ring substituents is 1. The van der Waals surface area contributed by atoms with Crippen molar-refractivity contribution in [3.8, 4) is 5.75 Å². The first-order valence-electron chi connectivity index (χ1n) is 14.1. The van der Waals surface area contributed by atoms with Gasteiger partial charge < -0.3 is 9.47 Å². The standard InChI is InChI=1S/C33H25ClF4N2O7S/c1-19(31-26(34)7-4-8-27(31)35)15-21-9-14-29-28(16-21)39(48(44,45)25-6-3-5-23(17-25)33(36,37)38)18-30(47-29)20(2)46-32(41)22-10-12-24(13-11-22)40(42)43/h3-17,20,30H,18H2,1-2H3. The molecular weight excluding hydrogens is 680 g/mol. The fourth-order valence-corrected chi connectivity index (χ4v) is 6.88. The highest BCUT2D eigenvalue weighted by Gasteiger charge is 2.39. The fraction of sp³-hybridized carbons (Fsp3) is 0.182. The molecule has 0 aromatic heterocycles. The van der Waals surface area contributed by atoms with Crippen molar-refractivity contribution in [1.82, 2.24) is 0 Å². The molecule has 2 atom stereocenters. The minimum absolute atomic E-state index is 0.0127. The number of hydrogen-bond acceptors (Lipinski definition) is 7. The van der Waals surface area contributed by atoms with E-state index >= 15 is 0 Å². The van der Waals surface area contributed by atoms with Gasteiger partial charge in [-0.15, -0.1) is 0 Å². The molecule has 5 rings (SSSR count). The van der Waals surface area contributed by atoms with E-state index in [2.05, 4.69) is 0 Å². The Morgan fingerprint density at radius 3 is 2.42 bits per heavy atom. The third-order valence-corrected chi connectivity index (χ3v) is 9.59. The summed E-state index contributed by atoms with van der Waals surface area (Å²) in [5, 5.41) is 11.1. The zero-order chi connectivity index (χ0) is 35.0. The molecule has 4 aromatic rings. The van der Waals surface area contributed by atoms with Crippen molar-refractivity contribution in [1.29, 1.82) is 0 Å². The second-order valence-electron chi connectivity index (χ2n) is 10.8. The van der Waals surface area contributed by atoms with E-state index in [4.69, 9.17) is 21.1 Å². The van der Waals surface area contributed by atoms with Crippen LogP contribution in [0.3, 0.4) is 0 Å². The van der Waals surface area contributed by atoms with Gasteiger partial charge in [-0.2, -0.15) is 13.2 Å². The summed E-state index contributed by atoms with van der Waals surface area (Å²) in [7, 11) is -4.68. The molecule has 48 heavy (non-hydrogen) atoms. The largest absolute Gasteiger partial charge is 0.482 e. The van der Waals surface area contributed by atoms with Crippen LogP contribution in [0.1, 0.15) is 40.9 Å². The van der Waals surface area contributed by atoms with Crippen molar-refractivity contribution in [2.45, 2.75) is 37.1 Å². The number of allylic oxidation sites excluding steroid dienone is 1. The molecule has 1 aliphatic rings. The number of sulfonamides is 1. The molecule has 0 fully saturated rings. The summed E-state index contributed by atoms with van der Waals surface area (Å²) in [6.45, 7) is 2.56. The van der Waals surface area contributed by atoms with Gasteiger partial charge in [0.1, 0.15) is 17.7 Å². The van der Waals surface area contributed by atoms with Crippen LogP contribution in [-0.2, 0) is 20.9 Å². The van der Waals surface area contributed by atoms with E-state index in [1.807, 2.05) is 0 Å². The summed E-state index contributed by atoms with van der Waals surface area (Å²) < 4.78 is 95.7. The number of carbonyl (C=O) groups is 1. The number of benzene rings is 4. The maximum absolute atomic E-state index is 14.6. The number of halogens is 5. The SMILES string of the molecule is CC(=Cc1ccc2c(c1)N(S(=O)(=O)c1cccc(C(F)(F)F)c1)CC(C(C)OC(=O)c1ccc([N+](=O)[O-])cc1)O2)c1c(F)cccc1Cl. The quantitative estimate of drug-likeness (QED) is 0.0597. The monoisotopic (exact) mass is 704 g/mol. The molecule has 0 radical (unpaired) electrons. The summed E-state index contributed by atoms with van der Waals surface area (Å²) in [5.74, 6) is -1.44. The highest BCUT2D eigenvalue weighted by molar-refractivity contribution is 7.92. The molecule has 0 saturated carbocycles. The molecule has 250 valence electrons. The van der Waals surface area contributed by atoms with Crippen molar-refractivity contribution in [2.75, 3.05) is 10.8 Å². The van der Waals surface area contributed by atoms with Crippen LogP contribution in [0.4, 0.5) is 28.9 Å².